The van der Waals surface area contributed by atoms with Crippen LogP contribution in [0.3, 0.4) is 0 Å². The molecule has 0 aliphatic rings. The molecule has 1 heterocycles. The van der Waals surface area contributed by atoms with Crippen LogP contribution in [0.4, 0.5) is 5.69 Å². The molecule has 0 bridgehead atoms. The number of hydrogen-bond acceptors (Lipinski definition) is 4. The molecule has 7 heteroatoms. The number of carboxylic acids is 1. The van der Waals surface area contributed by atoms with E-state index < -0.39 is 16.8 Å². The number of hydrogen-bond donors (Lipinski definition) is 1. The van der Waals surface area contributed by atoms with E-state index in [0.29, 0.717) is 5.02 Å². The monoisotopic (exact) mass is 306 g/mol. The zero-order chi connectivity index (χ0) is 15.4. The SMILES string of the molecule is O=C(O)C(Cc1cccc(Cl)c1)c1cc([N+](=O)[O-])ccn1. The van der Waals surface area contributed by atoms with E-state index in [2.05, 4.69) is 4.98 Å². The van der Waals surface area contributed by atoms with Crippen molar-refractivity contribution in [3.05, 3.63) is 69.0 Å². The van der Waals surface area contributed by atoms with Gasteiger partial charge in [0.25, 0.3) is 5.69 Å². The molecule has 2 aromatic rings. The molecule has 0 aliphatic carbocycles. The Labute approximate surface area is 125 Å². The van der Waals surface area contributed by atoms with Gasteiger partial charge in [-0.2, -0.15) is 0 Å². The van der Waals surface area contributed by atoms with E-state index >= 15 is 0 Å². The van der Waals surface area contributed by atoms with Crippen LogP contribution in [0.25, 0.3) is 0 Å². The summed E-state index contributed by atoms with van der Waals surface area (Å²) in [5.74, 6) is -2.06. The summed E-state index contributed by atoms with van der Waals surface area (Å²) in [4.78, 5) is 25.6. The minimum Gasteiger partial charge on any atom is -0.481 e. The summed E-state index contributed by atoms with van der Waals surface area (Å²) < 4.78 is 0. The standard InChI is InChI=1S/C14H11ClN2O4/c15-10-3-1-2-9(6-10)7-12(14(18)19)13-8-11(17(20)21)4-5-16-13/h1-6,8,12H,7H2,(H,18,19). The normalized spacial score (nSPS) is 11.9. The number of carbonyl (C=O) groups is 1. The maximum Gasteiger partial charge on any atom is 0.312 e. The lowest BCUT2D eigenvalue weighted by Crippen LogP contribution is -2.16. The smallest absolute Gasteiger partial charge is 0.312 e. The summed E-state index contributed by atoms with van der Waals surface area (Å²) in [5, 5.41) is 20.6. The summed E-state index contributed by atoms with van der Waals surface area (Å²) in [6.07, 6.45) is 1.39. The van der Waals surface area contributed by atoms with Gasteiger partial charge in [0, 0.05) is 23.4 Å². The Balaban J connectivity index is 2.33. The van der Waals surface area contributed by atoms with Crippen molar-refractivity contribution in [2.24, 2.45) is 0 Å². The molecular weight excluding hydrogens is 296 g/mol. The van der Waals surface area contributed by atoms with Crippen molar-refractivity contribution >= 4 is 23.3 Å². The number of nitro groups is 1. The van der Waals surface area contributed by atoms with E-state index in [1.165, 1.54) is 18.3 Å². The molecule has 0 amide bonds. The zero-order valence-corrected chi connectivity index (χ0v) is 11.5. The Morgan fingerprint density at radius 3 is 2.76 bits per heavy atom. The predicted molar refractivity (Wildman–Crippen MR) is 76.4 cm³/mol. The van der Waals surface area contributed by atoms with Crippen LogP contribution in [0.1, 0.15) is 17.2 Å². The zero-order valence-electron chi connectivity index (χ0n) is 10.8. The average molecular weight is 307 g/mol. The summed E-state index contributed by atoms with van der Waals surface area (Å²) in [6.45, 7) is 0. The van der Waals surface area contributed by atoms with Gasteiger partial charge in [-0.05, 0) is 24.1 Å². The lowest BCUT2D eigenvalue weighted by molar-refractivity contribution is -0.385. The van der Waals surface area contributed by atoms with E-state index in [-0.39, 0.29) is 17.8 Å². The summed E-state index contributed by atoms with van der Waals surface area (Å²) in [5.41, 5.74) is 0.692. The Hall–Kier alpha value is -2.47. The molecule has 6 nitrogen and oxygen atoms in total. The van der Waals surface area contributed by atoms with Gasteiger partial charge in [0.1, 0.15) is 5.92 Å². The molecule has 0 saturated carbocycles. The van der Waals surface area contributed by atoms with Crippen LogP contribution >= 0.6 is 11.6 Å². The van der Waals surface area contributed by atoms with Crippen LogP contribution in [-0.2, 0) is 11.2 Å². The maximum atomic E-state index is 11.4. The fourth-order valence-electron chi connectivity index (χ4n) is 1.96. The molecule has 0 aliphatic heterocycles. The Morgan fingerprint density at radius 2 is 2.14 bits per heavy atom. The number of aromatic nitrogens is 1. The molecule has 0 saturated heterocycles. The predicted octanol–water partition coefficient (Wildman–Crippen LogP) is 3.05. The summed E-state index contributed by atoms with van der Waals surface area (Å²) >= 11 is 5.87. The number of rotatable bonds is 5. The van der Waals surface area contributed by atoms with Crippen LogP contribution in [0.5, 0.6) is 0 Å². The van der Waals surface area contributed by atoms with Crippen LogP contribution in [0.2, 0.25) is 5.02 Å². The number of carboxylic acid groups (broad SMARTS) is 1. The lowest BCUT2D eigenvalue weighted by Gasteiger charge is -2.12. The number of halogens is 1. The van der Waals surface area contributed by atoms with Gasteiger partial charge in [0.15, 0.2) is 0 Å². The molecule has 21 heavy (non-hydrogen) atoms. The van der Waals surface area contributed by atoms with E-state index in [1.807, 2.05) is 0 Å². The molecular formula is C14H11ClN2O4. The van der Waals surface area contributed by atoms with Crippen molar-refractivity contribution < 1.29 is 14.8 Å². The molecule has 1 N–H and O–H groups in total. The molecule has 1 atom stereocenters. The van der Waals surface area contributed by atoms with Gasteiger partial charge in [-0.25, -0.2) is 0 Å². The van der Waals surface area contributed by atoms with Gasteiger partial charge >= 0.3 is 5.97 Å². The van der Waals surface area contributed by atoms with E-state index in [1.54, 1.807) is 24.3 Å². The molecule has 1 aromatic carbocycles. The number of pyridine rings is 1. The topological polar surface area (TPSA) is 93.3 Å². The first-order valence-electron chi connectivity index (χ1n) is 6.05. The molecule has 0 fully saturated rings. The fraction of sp³-hybridized carbons (Fsp3) is 0.143. The molecule has 1 aromatic heterocycles. The quantitative estimate of drug-likeness (QED) is 0.677. The third-order valence-corrected chi connectivity index (χ3v) is 3.19. The van der Waals surface area contributed by atoms with Crippen molar-refractivity contribution in [1.29, 1.82) is 0 Å². The van der Waals surface area contributed by atoms with Crippen LogP contribution in [0.15, 0.2) is 42.6 Å². The Morgan fingerprint density at radius 1 is 1.38 bits per heavy atom. The van der Waals surface area contributed by atoms with Gasteiger partial charge in [-0.3, -0.25) is 19.9 Å². The average Bonchev–Trinajstić information content (AvgIpc) is 2.44. The molecule has 108 valence electrons. The molecule has 0 spiro atoms. The van der Waals surface area contributed by atoms with E-state index in [0.717, 1.165) is 5.56 Å². The van der Waals surface area contributed by atoms with Gasteiger partial charge in [-0.15, -0.1) is 0 Å². The van der Waals surface area contributed by atoms with Gasteiger partial charge in [-0.1, -0.05) is 23.7 Å². The second-order valence-corrected chi connectivity index (χ2v) is 4.86. The van der Waals surface area contributed by atoms with Crippen molar-refractivity contribution in [3.8, 4) is 0 Å². The highest BCUT2D eigenvalue weighted by molar-refractivity contribution is 6.30. The van der Waals surface area contributed by atoms with Gasteiger partial charge in [0.2, 0.25) is 0 Å². The Bertz CT molecular complexity index is 690. The third kappa shape index (κ3) is 3.76. The number of benzene rings is 1. The van der Waals surface area contributed by atoms with E-state index in [4.69, 9.17) is 11.6 Å². The fourth-order valence-corrected chi connectivity index (χ4v) is 2.17. The third-order valence-electron chi connectivity index (χ3n) is 2.96. The molecule has 0 radical (unpaired) electrons. The van der Waals surface area contributed by atoms with E-state index in [9.17, 15) is 20.0 Å². The summed E-state index contributed by atoms with van der Waals surface area (Å²) in [7, 11) is 0. The van der Waals surface area contributed by atoms with Crippen molar-refractivity contribution in [3.63, 3.8) is 0 Å². The minimum absolute atomic E-state index is 0.150. The molecule has 1 unspecified atom stereocenters. The number of nitrogens with zero attached hydrogens (tertiary/aromatic N) is 2. The largest absolute Gasteiger partial charge is 0.481 e. The Kier molecular flexibility index (Phi) is 4.49. The number of aliphatic carboxylic acids is 1. The molecule has 2 rings (SSSR count). The highest BCUT2D eigenvalue weighted by atomic mass is 35.5. The van der Waals surface area contributed by atoms with Gasteiger partial charge in [0.05, 0.1) is 10.6 Å². The maximum absolute atomic E-state index is 11.4. The highest BCUT2D eigenvalue weighted by Gasteiger charge is 2.23. The minimum atomic E-state index is -1.09. The highest BCUT2D eigenvalue weighted by Crippen LogP contribution is 2.24. The second-order valence-electron chi connectivity index (χ2n) is 4.42. The summed E-state index contributed by atoms with van der Waals surface area (Å²) in [6, 6.07) is 9.23. The van der Waals surface area contributed by atoms with Crippen LogP contribution < -0.4 is 0 Å². The van der Waals surface area contributed by atoms with Crippen LogP contribution in [0, 0.1) is 10.1 Å². The first-order chi connectivity index (χ1) is 9.97. The first kappa shape index (κ1) is 14.9. The van der Waals surface area contributed by atoms with Crippen molar-refractivity contribution in [2.45, 2.75) is 12.3 Å². The van der Waals surface area contributed by atoms with Crippen LogP contribution in [-0.4, -0.2) is 21.0 Å². The van der Waals surface area contributed by atoms with Gasteiger partial charge < -0.3 is 5.11 Å². The van der Waals surface area contributed by atoms with Crippen molar-refractivity contribution in [1.82, 2.24) is 4.98 Å². The first-order valence-corrected chi connectivity index (χ1v) is 6.43. The lowest BCUT2D eigenvalue weighted by atomic mass is 9.95. The second kappa shape index (κ2) is 6.32. The van der Waals surface area contributed by atoms with Crippen molar-refractivity contribution in [2.75, 3.05) is 0 Å².